The zero-order valence-electron chi connectivity index (χ0n) is 12.1. The van der Waals surface area contributed by atoms with Crippen LogP contribution in [0.15, 0.2) is 60.7 Å². The van der Waals surface area contributed by atoms with E-state index in [0.29, 0.717) is 0 Å². The molecule has 2 heteroatoms. The van der Waals surface area contributed by atoms with Gasteiger partial charge in [0.05, 0.1) is 0 Å². The molecule has 0 radical (unpaired) electrons. The highest BCUT2D eigenvalue weighted by molar-refractivity contribution is 5.85. The number of benzene rings is 3. The normalized spacial score (nSPS) is 11.0. The van der Waals surface area contributed by atoms with Crippen molar-refractivity contribution in [1.82, 2.24) is 5.32 Å². The summed E-state index contributed by atoms with van der Waals surface area (Å²) in [4.78, 5) is 0. The summed E-state index contributed by atoms with van der Waals surface area (Å²) >= 11 is 0. The van der Waals surface area contributed by atoms with Gasteiger partial charge in [-0.15, -0.1) is 0 Å². The van der Waals surface area contributed by atoms with Crippen LogP contribution in [0.3, 0.4) is 0 Å². The fourth-order valence-corrected chi connectivity index (χ4v) is 2.64. The average molecular weight is 279 g/mol. The van der Waals surface area contributed by atoms with E-state index in [2.05, 4.69) is 47.8 Å². The lowest BCUT2D eigenvalue weighted by Gasteiger charge is -2.10. The molecule has 0 bridgehead atoms. The fourth-order valence-electron chi connectivity index (χ4n) is 2.64. The molecule has 3 aromatic rings. The molecule has 1 nitrogen and oxygen atoms in total. The second-order valence-electron chi connectivity index (χ2n) is 5.31. The maximum Gasteiger partial charge on any atom is 0.123 e. The Balaban J connectivity index is 1.72. The Kier molecular flexibility index (Phi) is 3.98. The molecule has 3 aromatic carbocycles. The molecule has 3 rings (SSSR count). The Hall–Kier alpha value is -2.19. The van der Waals surface area contributed by atoms with Gasteiger partial charge in [-0.3, -0.25) is 0 Å². The molecule has 0 aliphatic carbocycles. The number of halogens is 1. The molecule has 0 aromatic heterocycles. The highest BCUT2D eigenvalue weighted by Crippen LogP contribution is 2.18. The van der Waals surface area contributed by atoms with Gasteiger partial charge in [-0.1, -0.05) is 48.5 Å². The molecule has 0 fully saturated rings. The molecule has 0 amide bonds. The maximum atomic E-state index is 13.1. The van der Waals surface area contributed by atoms with Gasteiger partial charge in [0.25, 0.3) is 0 Å². The van der Waals surface area contributed by atoms with Gasteiger partial charge in [0.1, 0.15) is 5.82 Å². The Labute approximate surface area is 124 Å². The molecular weight excluding hydrogens is 261 g/mol. The van der Waals surface area contributed by atoms with E-state index in [0.717, 1.165) is 24.2 Å². The number of rotatable bonds is 4. The minimum Gasteiger partial charge on any atom is -0.309 e. The predicted octanol–water partition coefficient (Wildman–Crippen LogP) is 4.58. The summed E-state index contributed by atoms with van der Waals surface area (Å²) in [5.41, 5.74) is 3.41. The SMILES string of the molecule is Cc1cc(F)ccc1CNCc1cccc2ccccc12. The van der Waals surface area contributed by atoms with E-state index >= 15 is 0 Å². The fraction of sp³-hybridized carbons (Fsp3) is 0.158. The number of aryl methyl sites for hydroxylation is 1. The molecule has 0 saturated carbocycles. The largest absolute Gasteiger partial charge is 0.309 e. The van der Waals surface area contributed by atoms with Gasteiger partial charge in [-0.25, -0.2) is 4.39 Å². The van der Waals surface area contributed by atoms with Crippen LogP contribution < -0.4 is 5.32 Å². The third kappa shape index (κ3) is 3.11. The zero-order chi connectivity index (χ0) is 14.7. The Morgan fingerprint density at radius 1 is 0.857 bits per heavy atom. The summed E-state index contributed by atoms with van der Waals surface area (Å²) in [5, 5.41) is 5.99. The van der Waals surface area contributed by atoms with Gasteiger partial charge < -0.3 is 5.32 Å². The highest BCUT2D eigenvalue weighted by Gasteiger charge is 2.02. The Bertz CT molecular complexity index is 759. The molecule has 106 valence electrons. The van der Waals surface area contributed by atoms with E-state index in [4.69, 9.17) is 0 Å². The van der Waals surface area contributed by atoms with Crippen molar-refractivity contribution in [2.24, 2.45) is 0 Å². The number of hydrogen-bond acceptors (Lipinski definition) is 1. The van der Waals surface area contributed by atoms with Gasteiger partial charge >= 0.3 is 0 Å². The van der Waals surface area contributed by atoms with Crippen LogP contribution in [0.25, 0.3) is 10.8 Å². The van der Waals surface area contributed by atoms with E-state index in [1.807, 2.05) is 13.0 Å². The van der Waals surface area contributed by atoms with Crippen molar-refractivity contribution in [3.05, 3.63) is 83.2 Å². The Morgan fingerprint density at radius 3 is 2.48 bits per heavy atom. The lowest BCUT2D eigenvalue weighted by atomic mass is 10.0. The smallest absolute Gasteiger partial charge is 0.123 e. The lowest BCUT2D eigenvalue weighted by Crippen LogP contribution is -2.13. The number of hydrogen-bond donors (Lipinski definition) is 1. The molecule has 21 heavy (non-hydrogen) atoms. The molecule has 0 unspecified atom stereocenters. The summed E-state index contributed by atoms with van der Waals surface area (Å²) in [6.07, 6.45) is 0. The van der Waals surface area contributed by atoms with Crippen molar-refractivity contribution in [2.75, 3.05) is 0 Å². The summed E-state index contributed by atoms with van der Waals surface area (Å²) < 4.78 is 13.1. The monoisotopic (exact) mass is 279 g/mol. The number of fused-ring (bicyclic) bond motifs is 1. The average Bonchev–Trinajstić information content (AvgIpc) is 2.50. The van der Waals surface area contributed by atoms with Crippen LogP contribution in [0.1, 0.15) is 16.7 Å². The van der Waals surface area contributed by atoms with Crippen molar-refractivity contribution < 1.29 is 4.39 Å². The first-order valence-corrected chi connectivity index (χ1v) is 7.16. The van der Waals surface area contributed by atoms with Crippen molar-refractivity contribution in [3.63, 3.8) is 0 Å². The summed E-state index contributed by atoms with van der Waals surface area (Å²) in [6.45, 7) is 3.49. The van der Waals surface area contributed by atoms with Gasteiger partial charge in [0.2, 0.25) is 0 Å². The van der Waals surface area contributed by atoms with Crippen LogP contribution in [0.4, 0.5) is 4.39 Å². The molecule has 0 saturated heterocycles. The van der Waals surface area contributed by atoms with E-state index < -0.39 is 0 Å². The van der Waals surface area contributed by atoms with Crippen LogP contribution >= 0.6 is 0 Å². The summed E-state index contributed by atoms with van der Waals surface area (Å²) in [7, 11) is 0. The van der Waals surface area contributed by atoms with Gasteiger partial charge in [0.15, 0.2) is 0 Å². The Morgan fingerprint density at radius 2 is 1.62 bits per heavy atom. The van der Waals surface area contributed by atoms with Crippen molar-refractivity contribution in [2.45, 2.75) is 20.0 Å². The molecular formula is C19H18FN. The summed E-state index contributed by atoms with van der Waals surface area (Å²) in [5.74, 6) is -0.176. The lowest BCUT2D eigenvalue weighted by molar-refractivity contribution is 0.623. The van der Waals surface area contributed by atoms with Crippen molar-refractivity contribution in [3.8, 4) is 0 Å². The molecule has 1 N–H and O–H groups in total. The van der Waals surface area contributed by atoms with Crippen LogP contribution in [0.5, 0.6) is 0 Å². The van der Waals surface area contributed by atoms with E-state index in [9.17, 15) is 4.39 Å². The van der Waals surface area contributed by atoms with E-state index in [1.54, 1.807) is 6.07 Å². The third-order valence-corrected chi connectivity index (χ3v) is 3.82. The van der Waals surface area contributed by atoms with E-state index in [-0.39, 0.29) is 5.82 Å². The van der Waals surface area contributed by atoms with Crippen molar-refractivity contribution >= 4 is 10.8 Å². The van der Waals surface area contributed by atoms with Crippen LogP contribution in [0, 0.1) is 12.7 Å². The first kappa shape index (κ1) is 13.8. The second kappa shape index (κ2) is 6.06. The van der Waals surface area contributed by atoms with E-state index in [1.165, 1.54) is 22.4 Å². The molecule has 0 spiro atoms. The maximum absolute atomic E-state index is 13.1. The predicted molar refractivity (Wildman–Crippen MR) is 85.6 cm³/mol. The molecule has 0 atom stereocenters. The highest BCUT2D eigenvalue weighted by atomic mass is 19.1. The minimum absolute atomic E-state index is 0.176. The first-order valence-electron chi connectivity index (χ1n) is 7.16. The van der Waals surface area contributed by atoms with Crippen LogP contribution in [-0.4, -0.2) is 0 Å². The van der Waals surface area contributed by atoms with Gasteiger partial charge in [0, 0.05) is 13.1 Å². The second-order valence-corrected chi connectivity index (χ2v) is 5.31. The van der Waals surface area contributed by atoms with Crippen LogP contribution in [0.2, 0.25) is 0 Å². The first-order chi connectivity index (χ1) is 10.2. The molecule has 0 aliphatic heterocycles. The number of nitrogens with one attached hydrogen (secondary N) is 1. The summed E-state index contributed by atoms with van der Waals surface area (Å²) in [6, 6.07) is 19.7. The molecule has 0 heterocycles. The minimum atomic E-state index is -0.176. The van der Waals surface area contributed by atoms with Crippen molar-refractivity contribution in [1.29, 1.82) is 0 Å². The topological polar surface area (TPSA) is 12.0 Å². The molecule has 0 aliphatic rings. The zero-order valence-corrected chi connectivity index (χ0v) is 12.1. The van der Waals surface area contributed by atoms with Gasteiger partial charge in [-0.2, -0.15) is 0 Å². The van der Waals surface area contributed by atoms with Gasteiger partial charge in [-0.05, 0) is 46.5 Å². The standard InChI is InChI=1S/C19H18FN/c1-14-11-18(20)10-9-16(14)12-21-13-17-7-4-6-15-5-2-3-8-19(15)17/h2-11,21H,12-13H2,1H3. The quantitative estimate of drug-likeness (QED) is 0.737. The third-order valence-electron chi connectivity index (χ3n) is 3.82. The van der Waals surface area contributed by atoms with Crippen LogP contribution in [-0.2, 0) is 13.1 Å².